The fourth-order valence-corrected chi connectivity index (χ4v) is 3.88. The number of halogens is 1. The minimum absolute atomic E-state index is 0.0322. The second-order valence-electron chi connectivity index (χ2n) is 7.82. The monoisotopic (exact) mass is 447 g/mol. The Labute approximate surface area is 193 Å². The van der Waals surface area contributed by atoms with Crippen molar-refractivity contribution in [2.75, 3.05) is 6.61 Å². The normalized spacial score (nSPS) is 12.0. The summed E-state index contributed by atoms with van der Waals surface area (Å²) in [6.45, 7) is 5.00. The Kier molecular flexibility index (Phi) is 6.76. The van der Waals surface area contributed by atoms with Crippen LogP contribution in [0.5, 0.6) is 5.75 Å². The van der Waals surface area contributed by atoms with Crippen LogP contribution in [0.4, 0.5) is 0 Å². The predicted molar refractivity (Wildman–Crippen MR) is 128 cm³/mol. The summed E-state index contributed by atoms with van der Waals surface area (Å²) in [5.41, 5.74) is 3.88. The second-order valence-corrected chi connectivity index (χ2v) is 8.23. The molecule has 1 N–H and O–H groups in total. The number of carbonyl (C=O) groups is 1. The van der Waals surface area contributed by atoms with Crippen LogP contribution in [0.15, 0.2) is 72.8 Å². The minimum Gasteiger partial charge on any atom is -0.492 e. The first-order valence-electron chi connectivity index (χ1n) is 10.7. The van der Waals surface area contributed by atoms with Gasteiger partial charge in [0, 0.05) is 5.02 Å². The zero-order chi connectivity index (χ0) is 22.5. The third kappa shape index (κ3) is 5.11. The van der Waals surface area contributed by atoms with Gasteiger partial charge in [0.1, 0.15) is 18.2 Å². The zero-order valence-corrected chi connectivity index (χ0v) is 19.0. The molecule has 0 spiro atoms. The van der Waals surface area contributed by atoms with Gasteiger partial charge in [0.2, 0.25) is 5.91 Å². The largest absolute Gasteiger partial charge is 0.492 e. The number of amides is 1. The molecule has 0 saturated heterocycles. The fraction of sp³-hybridized carbons (Fsp3) is 0.231. The molecule has 3 aromatic carbocycles. The number of nitrogens with one attached hydrogen (secondary N) is 1. The lowest BCUT2D eigenvalue weighted by molar-refractivity contribution is -0.121. The van der Waals surface area contributed by atoms with Crippen molar-refractivity contribution in [3.05, 3.63) is 94.8 Å². The van der Waals surface area contributed by atoms with E-state index in [0.29, 0.717) is 19.6 Å². The van der Waals surface area contributed by atoms with Gasteiger partial charge >= 0.3 is 0 Å². The Morgan fingerprint density at radius 2 is 1.84 bits per heavy atom. The molecular weight excluding hydrogens is 422 g/mol. The lowest BCUT2D eigenvalue weighted by Crippen LogP contribution is -2.30. The fourth-order valence-electron chi connectivity index (χ4n) is 3.76. The van der Waals surface area contributed by atoms with Crippen molar-refractivity contribution in [1.29, 1.82) is 0 Å². The Balaban J connectivity index is 1.49. The second kappa shape index (κ2) is 9.88. The predicted octanol–water partition coefficient (Wildman–Crippen LogP) is 5.50. The van der Waals surface area contributed by atoms with Gasteiger partial charge in [0.05, 0.1) is 30.0 Å². The molecule has 0 bridgehead atoms. The van der Waals surface area contributed by atoms with E-state index in [-0.39, 0.29) is 11.9 Å². The molecule has 0 saturated carbocycles. The number of ether oxygens (including phenoxy) is 1. The molecule has 1 unspecified atom stereocenters. The molecule has 0 fully saturated rings. The number of nitrogens with zero attached hydrogens (tertiary/aromatic N) is 2. The van der Waals surface area contributed by atoms with E-state index < -0.39 is 0 Å². The van der Waals surface area contributed by atoms with Gasteiger partial charge < -0.3 is 14.6 Å². The SMILES string of the molecule is Cc1cc(OCCn2c(C(C)NC(=O)Cc3ccccc3)nc3ccccc32)ccc1Cl. The van der Waals surface area contributed by atoms with Crippen molar-refractivity contribution in [2.45, 2.75) is 32.9 Å². The molecule has 4 aromatic rings. The molecule has 1 atom stereocenters. The van der Waals surface area contributed by atoms with Gasteiger partial charge in [-0.1, -0.05) is 54.1 Å². The van der Waals surface area contributed by atoms with Gasteiger partial charge in [-0.15, -0.1) is 0 Å². The van der Waals surface area contributed by atoms with Gasteiger partial charge in [-0.05, 0) is 55.3 Å². The summed E-state index contributed by atoms with van der Waals surface area (Å²) in [6, 6.07) is 23.1. The third-order valence-electron chi connectivity index (χ3n) is 5.37. The number of imidazole rings is 1. The number of aromatic nitrogens is 2. The van der Waals surface area contributed by atoms with Crippen molar-refractivity contribution in [1.82, 2.24) is 14.9 Å². The average Bonchev–Trinajstić information content (AvgIpc) is 3.16. The van der Waals surface area contributed by atoms with E-state index in [9.17, 15) is 4.79 Å². The molecule has 0 aliphatic rings. The van der Waals surface area contributed by atoms with Crippen molar-refractivity contribution < 1.29 is 9.53 Å². The highest BCUT2D eigenvalue weighted by atomic mass is 35.5. The van der Waals surface area contributed by atoms with E-state index in [1.165, 1.54) is 0 Å². The summed E-state index contributed by atoms with van der Waals surface area (Å²) in [7, 11) is 0. The molecular formula is C26H26ClN3O2. The number of carbonyl (C=O) groups excluding carboxylic acids is 1. The van der Waals surface area contributed by atoms with Gasteiger partial charge in [-0.3, -0.25) is 4.79 Å². The highest BCUT2D eigenvalue weighted by Crippen LogP contribution is 2.23. The summed E-state index contributed by atoms with van der Waals surface area (Å²) < 4.78 is 8.08. The quantitative estimate of drug-likeness (QED) is 0.388. The number of para-hydroxylation sites is 2. The van der Waals surface area contributed by atoms with Crippen LogP contribution in [0.2, 0.25) is 5.02 Å². The van der Waals surface area contributed by atoms with Crippen LogP contribution in [0.3, 0.4) is 0 Å². The van der Waals surface area contributed by atoms with Crippen LogP contribution < -0.4 is 10.1 Å². The van der Waals surface area contributed by atoms with Gasteiger partial charge in [-0.25, -0.2) is 4.98 Å². The molecule has 6 heteroatoms. The molecule has 1 heterocycles. The molecule has 0 radical (unpaired) electrons. The van der Waals surface area contributed by atoms with Crippen LogP contribution in [-0.2, 0) is 17.8 Å². The van der Waals surface area contributed by atoms with E-state index in [1.807, 2.05) is 86.6 Å². The van der Waals surface area contributed by atoms with E-state index in [2.05, 4.69) is 9.88 Å². The lowest BCUT2D eigenvalue weighted by Gasteiger charge is -2.17. The van der Waals surface area contributed by atoms with E-state index in [0.717, 1.165) is 38.8 Å². The van der Waals surface area contributed by atoms with Crippen LogP contribution in [0.25, 0.3) is 11.0 Å². The first kappa shape index (κ1) is 21.9. The Morgan fingerprint density at radius 1 is 1.09 bits per heavy atom. The molecule has 164 valence electrons. The van der Waals surface area contributed by atoms with Crippen LogP contribution in [0, 0.1) is 6.92 Å². The number of aryl methyl sites for hydroxylation is 1. The molecule has 32 heavy (non-hydrogen) atoms. The standard InChI is InChI=1S/C26H26ClN3O2/c1-18-16-21(12-13-22(18)27)32-15-14-30-24-11-7-6-10-23(24)29-26(30)19(2)28-25(31)17-20-8-4-3-5-9-20/h3-13,16,19H,14-15,17H2,1-2H3,(H,28,31). The molecule has 1 amide bonds. The van der Waals surface area contributed by atoms with Crippen molar-refractivity contribution in [2.24, 2.45) is 0 Å². The Bertz CT molecular complexity index is 1220. The van der Waals surface area contributed by atoms with E-state index in [1.54, 1.807) is 0 Å². The maximum absolute atomic E-state index is 12.6. The van der Waals surface area contributed by atoms with Crippen LogP contribution in [-0.4, -0.2) is 22.1 Å². The number of hydrogen-bond donors (Lipinski definition) is 1. The van der Waals surface area contributed by atoms with E-state index >= 15 is 0 Å². The summed E-state index contributed by atoms with van der Waals surface area (Å²) >= 11 is 6.11. The first-order valence-corrected chi connectivity index (χ1v) is 11.1. The van der Waals surface area contributed by atoms with Crippen molar-refractivity contribution in [3.8, 4) is 5.75 Å². The molecule has 4 rings (SSSR count). The van der Waals surface area contributed by atoms with Gasteiger partial charge in [0.15, 0.2) is 0 Å². The minimum atomic E-state index is -0.239. The topological polar surface area (TPSA) is 56.1 Å². The molecule has 0 aliphatic heterocycles. The van der Waals surface area contributed by atoms with Gasteiger partial charge in [0.25, 0.3) is 0 Å². The number of rotatable bonds is 8. The highest BCUT2D eigenvalue weighted by molar-refractivity contribution is 6.31. The number of fused-ring (bicyclic) bond motifs is 1. The van der Waals surface area contributed by atoms with Crippen LogP contribution in [0.1, 0.15) is 29.9 Å². The summed E-state index contributed by atoms with van der Waals surface area (Å²) in [4.78, 5) is 17.4. The van der Waals surface area contributed by atoms with Gasteiger partial charge in [-0.2, -0.15) is 0 Å². The van der Waals surface area contributed by atoms with Crippen LogP contribution >= 0.6 is 11.6 Å². The maximum atomic E-state index is 12.6. The molecule has 1 aromatic heterocycles. The Hall–Kier alpha value is -3.31. The number of hydrogen-bond acceptors (Lipinski definition) is 3. The average molecular weight is 448 g/mol. The first-order chi connectivity index (χ1) is 15.5. The van der Waals surface area contributed by atoms with Crippen molar-refractivity contribution >= 4 is 28.5 Å². The summed E-state index contributed by atoms with van der Waals surface area (Å²) in [5, 5.41) is 3.81. The number of benzene rings is 3. The lowest BCUT2D eigenvalue weighted by atomic mass is 10.1. The maximum Gasteiger partial charge on any atom is 0.224 e. The summed E-state index contributed by atoms with van der Waals surface area (Å²) in [6.07, 6.45) is 0.338. The molecule has 5 nitrogen and oxygen atoms in total. The molecule has 0 aliphatic carbocycles. The Morgan fingerprint density at radius 3 is 2.62 bits per heavy atom. The highest BCUT2D eigenvalue weighted by Gasteiger charge is 2.18. The smallest absolute Gasteiger partial charge is 0.224 e. The van der Waals surface area contributed by atoms with E-state index in [4.69, 9.17) is 21.3 Å². The van der Waals surface area contributed by atoms with Crippen molar-refractivity contribution in [3.63, 3.8) is 0 Å². The zero-order valence-electron chi connectivity index (χ0n) is 18.2. The third-order valence-corrected chi connectivity index (χ3v) is 5.79. The summed E-state index contributed by atoms with van der Waals surface area (Å²) in [5.74, 6) is 1.56.